The van der Waals surface area contributed by atoms with Gasteiger partial charge in [-0.15, -0.1) is 0 Å². The van der Waals surface area contributed by atoms with Gasteiger partial charge in [0.15, 0.2) is 0 Å². The third kappa shape index (κ3) is 3.66. The largest absolute Gasteiger partial charge is 0.481 e. The molecule has 1 unspecified atom stereocenters. The molecule has 1 heterocycles. The van der Waals surface area contributed by atoms with Gasteiger partial charge in [-0.2, -0.15) is 4.37 Å². The normalized spacial score (nSPS) is 12.8. The maximum absolute atomic E-state index is 10.7. The number of carboxylic acids is 1. The molecule has 1 N–H and O–H groups in total. The minimum absolute atomic E-state index is 0.0644. The van der Waals surface area contributed by atoms with Crippen LogP contribution in [-0.2, 0) is 4.79 Å². The zero-order chi connectivity index (χ0) is 13.0. The van der Waals surface area contributed by atoms with Gasteiger partial charge in [0.25, 0.3) is 0 Å². The van der Waals surface area contributed by atoms with Gasteiger partial charge < -0.3 is 10.0 Å². The molecule has 0 amide bonds. The molecule has 0 radical (unpaired) electrons. The second-order valence-corrected chi connectivity index (χ2v) is 5.05. The van der Waals surface area contributed by atoms with Gasteiger partial charge in [-0.3, -0.25) is 4.79 Å². The van der Waals surface area contributed by atoms with E-state index in [0.717, 1.165) is 17.5 Å². The summed E-state index contributed by atoms with van der Waals surface area (Å²) >= 11 is 1.34. The number of anilines is 1. The van der Waals surface area contributed by atoms with Gasteiger partial charge >= 0.3 is 5.97 Å². The lowest BCUT2D eigenvalue weighted by Crippen LogP contribution is -2.34. The number of nitrogens with zero attached hydrogens (tertiary/aromatic N) is 3. The number of aromatic nitrogens is 2. The maximum Gasteiger partial charge on any atom is 0.305 e. The fourth-order valence-corrected chi connectivity index (χ4v) is 2.55. The van der Waals surface area contributed by atoms with Gasteiger partial charge in [0.05, 0.1) is 6.42 Å². The molecule has 1 aromatic heterocycles. The van der Waals surface area contributed by atoms with E-state index in [0.29, 0.717) is 5.92 Å². The van der Waals surface area contributed by atoms with Crippen molar-refractivity contribution in [3.05, 3.63) is 5.82 Å². The van der Waals surface area contributed by atoms with Crippen molar-refractivity contribution in [2.75, 3.05) is 11.4 Å². The molecular weight excluding hydrogens is 238 g/mol. The van der Waals surface area contributed by atoms with Crippen LogP contribution < -0.4 is 4.90 Å². The molecule has 0 saturated heterocycles. The molecule has 5 nitrogen and oxygen atoms in total. The lowest BCUT2D eigenvalue weighted by atomic mass is 10.2. The predicted octanol–water partition coefficient (Wildman–Crippen LogP) is 2.35. The smallest absolute Gasteiger partial charge is 0.305 e. The van der Waals surface area contributed by atoms with E-state index in [1.807, 2.05) is 32.6 Å². The Morgan fingerprint density at radius 3 is 2.53 bits per heavy atom. The standard InChI is InChI=1S/C11H19N3O2S/c1-5-14(8(4)6-9(15)16)11-12-10(7(2)3)13-17-11/h7-8H,5-6H2,1-4H3,(H,15,16). The van der Waals surface area contributed by atoms with Crippen molar-refractivity contribution in [2.45, 2.75) is 46.1 Å². The van der Waals surface area contributed by atoms with Crippen LogP contribution in [0.5, 0.6) is 0 Å². The number of carboxylic acid groups (broad SMARTS) is 1. The number of rotatable bonds is 6. The number of hydrogen-bond acceptors (Lipinski definition) is 5. The monoisotopic (exact) mass is 257 g/mol. The second kappa shape index (κ2) is 5.95. The summed E-state index contributed by atoms with van der Waals surface area (Å²) in [5, 5.41) is 9.62. The van der Waals surface area contributed by atoms with Crippen LogP contribution in [-0.4, -0.2) is 33.0 Å². The molecule has 0 spiro atoms. The molecule has 0 aliphatic rings. The Balaban J connectivity index is 2.81. The van der Waals surface area contributed by atoms with Crippen LogP contribution in [0.3, 0.4) is 0 Å². The summed E-state index contributed by atoms with van der Waals surface area (Å²) in [6.45, 7) is 8.72. The zero-order valence-electron chi connectivity index (χ0n) is 10.7. The van der Waals surface area contributed by atoms with Gasteiger partial charge in [-0.1, -0.05) is 13.8 Å². The van der Waals surface area contributed by atoms with Crippen molar-refractivity contribution in [1.82, 2.24) is 9.36 Å². The molecule has 6 heteroatoms. The number of carbonyl (C=O) groups is 1. The molecular formula is C11H19N3O2S. The first-order valence-electron chi connectivity index (χ1n) is 5.77. The van der Waals surface area contributed by atoms with Gasteiger partial charge in [0, 0.05) is 30.0 Å². The second-order valence-electron chi connectivity index (χ2n) is 4.32. The molecule has 17 heavy (non-hydrogen) atoms. The highest BCUT2D eigenvalue weighted by atomic mass is 32.1. The highest BCUT2D eigenvalue weighted by Gasteiger charge is 2.20. The van der Waals surface area contributed by atoms with Crippen molar-refractivity contribution >= 4 is 22.6 Å². The quantitative estimate of drug-likeness (QED) is 0.847. The van der Waals surface area contributed by atoms with Crippen LogP contribution in [0, 0.1) is 0 Å². The first-order chi connectivity index (χ1) is 7.95. The van der Waals surface area contributed by atoms with Crippen LogP contribution >= 0.6 is 11.5 Å². The van der Waals surface area contributed by atoms with E-state index in [2.05, 4.69) is 9.36 Å². The van der Waals surface area contributed by atoms with E-state index in [4.69, 9.17) is 5.11 Å². The van der Waals surface area contributed by atoms with E-state index in [-0.39, 0.29) is 12.5 Å². The molecule has 0 bridgehead atoms. The van der Waals surface area contributed by atoms with Crippen LogP contribution in [0.25, 0.3) is 0 Å². The first kappa shape index (κ1) is 13.9. The SMILES string of the molecule is CCN(c1nc(C(C)C)ns1)C(C)CC(=O)O. The topological polar surface area (TPSA) is 66.3 Å². The summed E-state index contributed by atoms with van der Waals surface area (Å²) in [5.41, 5.74) is 0. The Morgan fingerprint density at radius 1 is 1.47 bits per heavy atom. The Labute approximate surface area is 106 Å². The highest BCUT2D eigenvalue weighted by Crippen LogP contribution is 2.23. The van der Waals surface area contributed by atoms with Gasteiger partial charge in [-0.25, -0.2) is 4.98 Å². The summed E-state index contributed by atoms with van der Waals surface area (Å²) in [7, 11) is 0. The van der Waals surface area contributed by atoms with E-state index in [1.165, 1.54) is 11.5 Å². The Kier molecular flexibility index (Phi) is 4.86. The highest BCUT2D eigenvalue weighted by molar-refractivity contribution is 7.09. The summed E-state index contributed by atoms with van der Waals surface area (Å²) in [5.74, 6) is 0.337. The van der Waals surface area contributed by atoms with Crippen LogP contribution in [0.4, 0.5) is 5.13 Å². The molecule has 0 aromatic carbocycles. The van der Waals surface area contributed by atoms with Crippen molar-refractivity contribution in [3.63, 3.8) is 0 Å². The minimum atomic E-state index is -0.787. The Hall–Kier alpha value is -1.17. The minimum Gasteiger partial charge on any atom is -0.481 e. The zero-order valence-corrected chi connectivity index (χ0v) is 11.5. The molecule has 96 valence electrons. The maximum atomic E-state index is 10.7. The summed E-state index contributed by atoms with van der Waals surface area (Å²) in [6.07, 6.45) is 0.116. The van der Waals surface area contributed by atoms with E-state index >= 15 is 0 Å². The van der Waals surface area contributed by atoms with Crippen molar-refractivity contribution in [1.29, 1.82) is 0 Å². The summed E-state index contributed by atoms with van der Waals surface area (Å²) in [4.78, 5) is 17.1. The van der Waals surface area contributed by atoms with Gasteiger partial charge in [0.2, 0.25) is 5.13 Å². The average Bonchev–Trinajstić information content (AvgIpc) is 2.66. The summed E-state index contributed by atoms with van der Waals surface area (Å²) < 4.78 is 4.29. The van der Waals surface area contributed by atoms with Crippen LogP contribution in [0.15, 0.2) is 0 Å². The molecule has 0 aliphatic heterocycles. The molecule has 0 saturated carbocycles. The average molecular weight is 257 g/mol. The third-order valence-corrected chi connectivity index (χ3v) is 3.30. The molecule has 1 rings (SSSR count). The van der Waals surface area contributed by atoms with Gasteiger partial charge in [-0.05, 0) is 13.8 Å². The number of aliphatic carboxylic acids is 1. The first-order valence-corrected chi connectivity index (χ1v) is 6.55. The van der Waals surface area contributed by atoms with Crippen molar-refractivity contribution < 1.29 is 9.90 Å². The molecule has 1 aromatic rings. The fourth-order valence-electron chi connectivity index (χ4n) is 1.58. The van der Waals surface area contributed by atoms with Crippen molar-refractivity contribution in [3.8, 4) is 0 Å². The fraction of sp³-hybridized carbons (Fsp3) is 0.727. The lowest BCUT2D eigenvalue weighted by molar-refractivity contribution is -0.137. The van der Waals surface area contributed by atoms with Crippen LogP contribution in [0.1, 0.15) is 45.9 Å². The third-order valence-electron chi connectivity index (χ3n) is 2.54. The van der Waals surface area contributed by atoms with E-state index in [9.17, 15) is 4.79 Å². The number of hydrogen-bond donors (Lipinski definition) is 1. The van der Waals surface area contributed by atoms with Crippen molar-refractivity contribution in [2.24, 2.45) is 0 Å². The van der Waals surface area contributed by atoms with E-state index in [1.54, 1.807) is 0 Å². The molecule has 0 fully saturated rings. The van der Waals surface area contributed by atoms with Gasteiger partial charge in [0.1, 0.15) is 5.82 Å². The molecule has 0 aliphatic carbocycles. The van der Waals surface area contributed by atoms with Crippen LogP contribution in [0.2, 0.25) is 0 Å². The predicted molar refractivity (Wildman–Crippen MR) is 68.7 cm³/mol. The van der Waals surface area contributed by atoms with E-state index < -0.39 is 5.97 Å². The Bertz CT molecular complexity index is 379. The lowest BCUT2D eigenvalue weighted by Gasteiger charge is -2.25. The Morgan fingerprint density at radius 2 is 2.12 bits per heavy atom. The summed E-state index contributed by atoms with van der Waals surface area (Å²) in [6, 6.07) is -0.0644. The molecule has 1 atom stereocenters.